The van der Waals surface area contributed by atoms with Crippen LogP contribution in [0, 0.1) is 0 Å². The summed E-state index contributed by atoms with van der Waals surface area (Å²) in [4.78, 5) is 26.8. The van der Waals surface area contributed by atoms with Gasteiger partial charge in [-0.2, -0.15) is 0 Å². The van der Waals surface area contributed by atoms with E-state index >= 15 is 0 Å². The predicted octanol–water partition coefficient (Wildman–Crippen LogP) is 10.2. The van der Waals surface area contributed by atoms with Crippen LogP contribution in [0.1, 0.15) is 182 Å². The second-order valence-electron chi connectivity index (χ2n) is 11.9. The minimum Gasteiger partial charge on any atom is -0.466 e. The van der Waals surface area contributed by atoms with Gasteiger partial charge in [-0.1, -0.05) is 118 Å². The standard InChI is InChI=1S/C35H69NO4/c1-5-9-12-14-17-21-26-33(27-22-18-15-13-10-6-2)40-35(38)28-23-19-16-20-24-30-36(8-4)31-25-29-34(37)39-32-11-7-3/h33H,5-32H2,1-4H3. The molecule has 40 heavy (non-hydrogen) atoms. The van der Waals surface area contributed by atoms with E-state index in [9.17, 15) is 9.59 Å². The summed E-state index contributed by atoms with van der Waals surface area (Å²) >= 11 is 0. The molecular weight excluding hydrogens is 498 g/mol. The number of esters is 2. The maximum Gasteiger partial charge on any atom is 0.306 e. The average molecular weight is 568 g/mol. The summed E-state index contributed by atoms with van der Waals surface area (Å²) in [7, 11) is 0. The quantitative estimate of drug-likeness (QED) is 0.0616. The van der Waals surface area contributed by atoms with Gasteiger partial charge in [0.25, 0.3) is 0 Å². The zero-order chi connectivity index (χ0) is 29.5. The van der Waals surface area contributed by atoms with E-state index in [1.165, 1.54) is 96.3 Å². The van der Waals surface area contributed by atoms with Gasteiger partial charge in [0.05, 0.1) is 6.61 Å². The van der Waals surface area contributed by atoms with Gasteiger partial charge in [0.15, 0.2) is 0 Å². The smallest absolute Gasteiger partial charge is 0.306 e. The molecule has 0 amide bonds. The number of hydrogen-bond acceptors (Lipinski definition) is 5. The number of hydrogen-bond donors (Lipinski definition) is 0. The number of rotatable bonds is 31. The van der Waals surface area contributed by atoms with Crippen LogP contribution in [0.25, 0.3) is 0 Å². The van der Waals surface area contributed by atoms with Gasteiger partial charge < -0.3 is 14.4 Å². The molecule has 0 saturated carbocycles. The molecule has 5 nitrogen and oxygen atoms in total. The van der Waals surface area contributed by atoms with E-state index in [1.807, 2.05) is 0 Å². The first-order valence-corrected chi connectivity index (χ1v) is 17.6. The zero-order valence-corrected chi connectivity index (χ0v) is 27.5. The average Bonchev–Trinajstić information content (AvgIpc) is 2.95. The Kier molecular flexibility index (Phi) is 30.0. The Morgan fingerprint density at radius 1 is 0.525 bits per heavy atom. The zero-order valence-electron chi connectivity index (χ0n) is 27.5. The molecule has 0 fully saturated rings. The van der Waals surface area contributed by atoms with Crippen molar-refractivity contribution in [2.24, 2.45) is 0 Å². The summed E-state index contributed by atoms with van der Waals surface area (Å²) < 4.78 is 11.2. The van der Waals surface area contributed by atoms with Crippen LogP contribution in [0.4, 0.5) is 0 Å². The number of nitrogens with zero attached hydrogens (tertiary/aromatic N) is 1. The van der Waals surface area contributed by atoms with Crippen LogP contribution in [0.3, 0.4) is 0 Å². The van der Waals surface area contributed by atoms with Gasteiger partial charge in [-0.15, -0.1) is 0 Å². The van der Waals surface area contributed by atoms with Gasteiger partial charge in [0.1, 0.15) is 6.10 Å². The highest BCUT2D eigenvalue weighted by Crippen LogP contribution is 2.18. The molecule has 238 valence electrons. The molecule has 0 radical (unpaired) electrons. The minimum absolute atomic E-state index is 0.0207. The predicted molar refractivity (Wildman–Crippen MR) is 171 cm³/mol. The molecular formula is C35H69NO4. The number of carbonyl (C=O) groups is 2. The topological polar surface area (TPSA) is 55.8 Å². The van der Waals surface area contributed by atoms with Crippen molar-refractivity contribution >= 4 is 11.9 Å². The lowest BCUT2D eigenvalue weighted by Gasteiger charge is -2.20. The summed E-state index contributed by atoms with van der Waals surface area (Å²) in [6, 6.07) is 0. The Hall–Kier alpha value is -1.10. The van der Waals surface area contributed by atoms with Crippen LogP contribution < -0.4 is 0 Å². The van der Waals surface area contributed by atoms with E-state index in [0.717, 1.165) is 64.6 Å². The van der Waals surface area contributed by atoms with Gasteiger partial charge in [-0.3, -0.25) is 9.59 Å². The molecule has 0 N–H and O–H groups in total. The van der Waals surface area contributed by atoms with E-state index in [0.29, 0.717) is 19.4 Å². The first-order valence-electron chi connectivity index (χ1n) is 17.6. The molecule has 0 aromatic heterocycles. The van der Waals surface area contributed by atoms with E-state index in [2.05, 4.69) is 32.6 Å². The maximum atomic E-state index is 12.6. The van der Waals surface area contributed by atoms with Gasteiger partial charge in [-0.05, 0) is 71.0 Å². The van der Waals surface area contributed by atoms with E-state index < -0.39 is 0 Å². The molecule has 0 aliphatic rings. The molecule has 0 bridgehead atoms. The van der Waals surface area contributed by atoms with Crippen LogP contribution in [0.2, 0.25) is 0 Å². The van der Waals surface area contributed by atoms with Crippen molar-refractivity contribution in [1.82, 2.24) is 4.90 Å². The highest BCUT2D eigenvalue weighted by atomic mass is 16.5. The van der Waals surface area contributed by atoms with Crippen molar-refractivity contribution in [3.63, 3.8) is 0 Å². The Morgan fingerprint density at radius 2 is 1.00 bits per heavy atom. The summed E-state index contributed by atoms with van der Waals surface area (Å²) in [6.07, 6.45) is 27.2. The second-order valence-corrected chi connectivity index (χ2v) is 11.9. The maximum absolute atomic E-state index is 12.6. The molecule has 0 aromatic carbocycles. The highest BCUT2D eigenvalue weighted by molar-refractivity contribution is 5.69. The van der Waals surface area contributed by atoms with Crippen molar-refractivity contribution in [1.29, 1.82) is 0 Å². The normalized spacial score (nSPS) is 11.4. The van der Waals surface area contributed by atoms with Crippen molar-refractivity contribution in [2.45, 2.75) is 188 Å². The fraction of sp³-hybridized carbons (Fsp3) is 0.943. The molecule has 0 saturated heterocycles. The lowest BCUT2D eigenvalue weighted by molar-refractivity contribution is -0.150. The fourth-order valence-corrected chi connectivity index (χ4v) is 5.22. The fourth-order valence-electron chi connectivity index (χ4n) is 5.22. The molecule has 0 heterocycles. The third kappa shape index (κ3) is 27.1. The highest BCUT2D eigenvalue weighted by Gasteiger charge is 2.14. The summed E-state index contributed by atoms with van der Waals surface area (Å²) in [5.74, 6) is -0.0356. The Labute approximate surface area is 249 Å². The molecule has 0 aliphatic heterocycles. The first-order chi connectivity index (χ1) is 19.6. The SMILES string of the molecule is CCCCCCCCC(CCCCCCCC)OC(=O)CCCCCCCN(CC)CCCC(=O)OCCCC. The molecule has 0 unspecified atom stereocenters. The Bertz CT molecular complexity index is 538. The van der Waals surface area contributed by atoms with Crippen molar-refractivity contribution < 1.29 is 19.1 Å². The molecule has 0 aromatic rings. The number of carbonyl (C=O) groups excluding carboxylic acids is 2. The molecule has 0 atom stereocenters. The lowest BCUT2D eigenvalue weighted by Crippen LogP contribution is -2.26. The Morgan fingerprint density at radius 3 is 1.57 bits per heavy atom. The van der Waals surface area contributed by atoms with Gasteiger partial charge in [-0.25, -0.2) is 0 Å². The number of ether oxygens (including phenoxy) is 2. The van der Waals surface area contributed by atoms with Crippen LogP contribution in [0.15, 0.2) is 0 Å². The van der Waals surface area contributed by atoms with Crippen LogP contribution >= 0.6 is 0 Å². The summed E-state index contributed by atoms with van der Waals surface area (Å²) in [5, 5.41) is 0. The van der Waals surface area contributed by atoms with Crippen LogP contribution in [0.5, 0.6) is 0 Å². The van der Waals surface area contributed by atoms with Crippen LogP contribution in [-0.2, 0) is 19.1 Å². The third-order valence-electron chi connectivity index (χ3n) is 7.98. The monoisotopic (exact) mass is 568 g/mol. The Balaban J connectivity index is 4.02. The van der Waals surface area contributed by atoms with E-state index in [4.69, 9.17) is 9.47 Å². The lowest BCUT2D eigenvalue weighted by atomic mass is 10.0. The van der Waals surface area contributed by atoms with Gasteiger partial charge >= 0.3 is 11.9 Å². The second kappa shape index (κ2) is 30.8. The van der Waals surface area contributed by atoms with E-state index in [1.54, 1.807) is 0 Å². The van der Waals surface area contributed by atoms with Gasteiger partial charge in [0.2, 0.25) is 0 Å². The minimum atomic E-state index is -0.0563. The first kappa shape index (κ1) is 38.9. The van der Waals surface area contributed by atoms with Crippen molar-refractivity contribution in [3.8, 4) is 0 Å². The van der Waals surface area contributed by atoms with Gasteiger partial charge in [0, 0.05) is 12.8 Å². The van der Waals surface area contributed by atoms with Crippen LogP contribution in [-0.4, -0.2) is 49.2 Å². The molecule has 0 rings (SSSR count). The molecule has 0 aliphatic carbocycles. The van der Waals surface area contributed by atoms with Crippen molar-refractivity contribution in [3.05, 3.63) is 0 Å². The summed E-state index contributed by atoms with van der Waals surface area (Å²) in [5.41, 5.74) is 0. The molecule has 0 spiro atoms. The largest absolute Gasteiger partial charge is 0.466 e. The molecule has 5 heteroatoms. The van der Waals surface area contributed by atoms with Crippen molar-refractivity contribution in [2.75, 3.05) is 26.2 Å². The summed E-state index contributed by atoms with van der Waals surface area (Å²) in [6.45, 7) is 12.4. The van der Waals surface area contributed by atoms with E-state index in [-0.39, 0.29) is 18.0 Å². The third-order valence-corrected chi connectivity index (χ3v) is 7.98. The number of unbranched alkanes of at least 4 members (excludes halogenated alkanes) is 15.